The molecule has 1 aliphatic rings. The number of benzene rings is 2. The van der Waals surface area contributed by atoms with Crippen LogP contribution in [0.3, 0.4) is 0 Å². The Morgan fingerprint density at radius 3 is 1.95 bits per heavy atom. The molecule has 3 rings (SSSR count). The van der Waals surface area contributed by atoms with E-state index in [0.29, 0.717) is 0 Å². The Balaban J connectivity index is 1.87. The summed E-state index contributed by atoms with van der Waals surface area (Å²) in [6.07, 6.45) is 1.58. The molecule has 116 valence electrons. The van der Waals surface area contributed by atoms with Gasteiger partial charge in [-0.2, -0.15) is 4.89 Å². The highest BCUT2D eigenvalue weighted by atomic mass is 127. The highest BCUT2D eigenvalue weighted by Gasteiger charge is 2.47. The van der Waals surface area contributed by atoms with Gasteiger partial charge in [0.15, 0.2) is 0 Å². The molecule has 2 aromatic carbocycles. The van der Waals surface area contributed by atoms with Crippen molar-refractivity contribution in [2.75, 3.05) is 11.5 Å². The number of alkyl halides is 1. The highest BCUT2D eigenvalue weighted by molar-refractivity contribution is 14.1. The third-order valence-electron chi connectivity index (χ3n) is 4.25. The quantitative estimate of drug-likeness (QED) is 0.420. The van der Waals surface area contributed by atoms with Gasteiger partial charge in [0.25, 0.3) is 0 Å². The Hall–Kier alpha value is -0.950. The van der Waals surface area contributed by atoms with E-state index in [1.807, 2.05) is 48.5 Å². The van der Waals surface area contributed by atoms with Crippen LogP contribution >= 0.6 is 22.6 Å². The molecule has 4 heteroatoms. The second kappa shape index (κ2) is 6.66. The van der Waals surface area contributed by atoms with Gasteiger partial charge in [0.2, 0.25) is 5.79 Å². The molecular weight excluding hydrogens is 391 g/mol. The lowest BCUT2D eigenvalue weighted by molar-refractivity contribution is -0.497. The number of hydrogen-bond acceptors (Lipinski definition) is 3. The van der Waals surface area contributed by atoms with Crippen LogP contribution in [0.2, 0.25) is 0 Å². The Kier molecular flexibility index (Phi) is 4.82. The molecule has 0 spiro atoms. The van der Waals surface area contributed by atoms with Crippen molar-refractivity contribution in [2.45, 2.75) is 24.2 Å². The zero-order chi connectivity index (χ0) is 15.5. The van der Waals surface area contributed by atoms with Crippen LogP contribution in [0.1, 0.15) is 24.0 Å². The predicted molar refractivity (Wildman–Crippen MR) is 93.5 cm³/mol. The molecule has 0 aromatic heterocycles. The second-order valence-electron chi connectivity index (χ2n) is 5.48. The van der Waals surface area contributed by atoms with Crippen molar-refractivity contribution >= 4 is 22.6 Å². The third-order valence-corrected chi connectivity index (χ3v) is 5.49. The van der Waals surface area contributed by atoms with Crippen molar-refractivity contribution in [3.05, 3.63) is 71.8 Å². The van der Waals surface area contributed by atoms with Gasteiger partial charge < -0.3 is 4.74 Å². The van der Waals surface area contributed by atoms with E-state index in [0.717, 1.165) is 28.4 Å². The van der Waals surface area contributed by atoms with E-state index in [-0.39, 0.29) is 0 Å². The van der Waals surface area contributed by atoms with E-state index in [2.05, 4.69) is 34.7 Å². The normalized spacial score (nSPS) is 28.5. The van der Waals surface area contributed by atoms with Gasteiger partial charge in [-0.05, 0) is 12.0 Å². The maximum atomic E-state index is 5.93. The third kappa shape index (κ3) is 2.80. The van der Waals surface area contributed by atoms with Crippen molar-refractivity contribution in [3.8, 4) is 0 Å². The number of hydrogen-bond donors (Lipinski definition) is 0. The zero-order valence-corrected chi connectivity index (χ0v) is 14.7. The van der Waals surface area contributed by atoms with Gasteiger partial charge in [-0.15, -0.1) is 0 Å². The van der Waals surface area contributed by atoms with Crippen molar-refractivity contribution in [3.63, 3.8) is 0 Å². The SMILES string of the molecule is COC1(c2ccccc2)CCC(CI)(c2ccccc2)OO1. The molecule has 22 heavy (non-hydrogen) atoms. The first-order valence-electron chi connectivity index (χ1n) is 7.34. The molecule has 1 aliphatic heterocycles. The standard InChI is InChI=1S/C18H19IO3/c1-20-18(16-10-6-3-7-11-16)13-12-17(14-19,21-22-18)15-8-4-2-5-9-15/h2-11H,12-14H2,1H3. The van der Waals surface area contributed by atoms with Gasteiger partial charge in [0.1, 0.15) is 5.60 Å². The Labute approximate surface area is 144 Å². The second-order valence-corrected chi connectivity index (χ2v) is 6.25. The average molecular weight is 410 g/mol. The van der Waals surface area contributed by atoms with E-state index in [9.17, 15) is 0 Å². The molecule has 2 atom stereocenters. The summed E-state index contributed by atoms with van der Waals surface area (Å²) in [7, 11) is 1.66. The van der Waals surface area contributed by atoms with Crippen LogP contribution in [0, 0.1) is 0 Å². The van der Waals surface area contributed by atoms with Crippen LogP contribution in [0.5, 0.6) is 0 Å². The molecule has 0 bridgehead atoms. The van der Waals surface area contributed by atoms with Gasteiger partial charge in [-0.1, -0.05) is 83.3 Å². The molecule has 0 amide bonds. The highest BCUT2D eigenvalue weighted by Crippen LogP contribution is 2.45. The van der Waals surface area contributed by atoms with Crippen molar-refractivity contribution in [1.29, 1.82) is 0 Å². The molecule has 0 radical (unpaired) electrons. The summed E-state index contributed by atoms with van der Waals surface area (Å²) in [5, 5.41) is 0. The van der Waals surface area contributed by atoms with Crippen molar-refractivity contribution < 1.29 is 14.5 Å². The van der Waals surface area contributed by atoms with Crippen LogP contribution in [0.15, 0.2) is 60.7 Å². The van der Waals surface area contributed by atoms with E-state index in [1.54, 1.807) is 7.11 Å². The number of halogens is 1. The van der Waals surface area contributed by atoms with Crippen LogP contribution in [-0.2, 0) is 25.9 Å². The molecule has 0 aliphatic carbocycles. The fourth-order valence-electron chi connectivity index (χ4n) is 2.84. The van der Waals surface area contributed by atoms with Gasteiger partial charge in [0, 0.05) is 23.5 Å². The van der Waals surface area contributed by atoms with E-state index in [1.165, 1.54) is 0 Å². The van der Waals surface area contributed by atoms with Gasteiger partial charge in [-0.25, -0.2) is 4.89 Å². The lowest BCUT2D eigenvalue weighted by atomic mass is 9.86. The van der Waals surface area contributed by atoms with Crippen LogP contribution in [0.4, 0.5) is 0 Å². The van der Waals surface area contributed by atoms with E-state index in [4.69, 9.17) is 14.5 Å². The minimum atomic E-state index is -0.828. The summed E-state index contributed by atoms with van der Waals surface area (Å²) >= 11 is 2.36. The molecular formula is C18H19IO3. The molecule has 0 saturated carbocycles. The average Bonchev–Trinajstić information content (AvgIpc) is 2.63. The smallest absolute Gasteiger partial charge is 0.227 e. The fourth-order valence-corrected chi connectivity index (χ4v) is 3.78. The molecule has 3 nitrogen and oxygen atoms in total. The van der Waals surface area contributed by atoms with E-state index >= 15 is 0 Å². The molecule has 1 saturated heterocycles. The number of methoxy groups -OCH3 is 1. The van der Waals surface area contributed by atoms with E-state index < -0.39 is 11.4 Å². The lowest BCUT2D eigenvalue weighted by Gasteiger charge is -2.43. The summed E-state index contributed by atoms with van der Waals surface area (Å²) in [6, 6.07) is 20.2. The topological polar surface area (TPSA) is 27.7 Å². The van der Waals surface area contributed by atoms with Crippen LogP contribution in [-0.4, -0.2) is 11.5 Å². The summed E-state index contributed by atoms with van der Waals surface area (Å²) < 4.78 is 6.51. The Morgan fingerprint density at radius 1 is 0.909 bits per heavy atom. The molecule has 2 unspecified atom stereocenters. The molecule has 1 heterocycles. The predicted octanol–water partition coefficient (Wildman–Crippen LogP) is 4.56. The summed E-state index contributed by atoms with van der Waals surface area (Å²) in [4.78, 5) is 11.8. The van der Waals surface area contributed by atoms with Crippen LogP contribution in [0.25, 0.3) is 0 Å². The number of rotatable bonds is 4. The first-order chi connectivity index (χ1) is 10.7. The molecule has 1 fully saturated rings. The minimum Gasteiger partial charge on any atom is -0.347 e. The first kappa shape index (κ1) is 15.9. The van der Waals surface area contributed by atoms with Crippen molar-refractivity contribution in [1.82, 2.24) is 0 Å². The van der Waals surface area contributed by atoms with Crippen LogP contribution < -0.4 is 0 Å². The molecule has 2 aromatic rings. The maximum absolute atomic E-state index is 5.93. The minimum absolute atomic E-state index is 0.418. The monoisotopic (exact) mass is 410 g/mol. The summed E-state index contributed by atoms with van der Waals surface area (Å²) in [5.74, 6) is -0.828. The Morgan fingerprint density at radius 2 is 1.50 bits per heavy atom. The molecule has 0 N–H and O–H groups in total. The number of ether oxygens (including phenoxy) is 1. The van der Waals surface area contributed by atoms with Gasteiger partial charge >= 0.3 is 0 Å². The Bertz CT molecular complexity index is 537. The fraction of sp³-hybridized carbons (Fsp3) is 0.333. The lowest BCUT2D eigenvalue weighted by Crippen LogP contribution is -2.45. The maximum Gasteiger partial charge on any atom is 0.227 e. The summed E-state index contributed by atoms with van der Waals surface area (Å²) in [5.41, 5.74) is 1.70. The first-order valence-corrected chi connectivity index (χ1v) is 8.86. The zero-order valence-electron chi connectivity index (χ0n) is 12.5. The summed E-state index contributed by atoms with van der Waals surface area (Å²) in [6.45, 7) is 0. The van der Waals surface area contributed by atoms with Gasteiger partial charge in [-0.3, -0.25) is 0 Å². The van der Waals surface area contributed by atoms with Gasteiger partial charge in [0.05, 0.1) is 0 Å². The largest absolute Gasteiger partial charge is 0.347 e. The van der Waals surface area contributed by atoms with Crippen molar-refractivity contribution in [2.24, 2.45) is 0 Å².